The topological polar surface area (TPSA) is 94.8 Å². The zero-order valence-corrected chi connectivity index (χ0v) is 9.75. The molecule has 3 atom stereocenters. The minimum absolute atomic E-state index is 0.0511. The van der Waals surface area contributed by atoms with Crippen molar-refractivity contribution in [2.24, 2.45) is 17.3 Å². The van der Waals surface area contributed by atoms with E-state index in [0.717, 1.165) is 0 Å². The Balaban J connectivity index is 3.28. The molecular formula is C12H16O5. The number of carboxylic acids is 2. The van der Waals surface area contributed by atoms with Crippen molar-refractivity contribution in [1.82, 2.24) is 0 Å². The maximum Gasteiger partial charge on any atom is 0.331 e. The van der Waals surface area contributed by atoms with Crippen molar-refractivity contribution in [2.45, 2.75) is 13.8 Å². The van der Waals surface area contributed by atoms with E-state index in [1.807, 2.05) is 0 Å². The van der Waals surface area contributed by atoms with Gasteiger partial charge in [0.15, 0.2) is 0 Å². The normalized spacial score (nSPS) is 29.6. The standard InChI is InChI=1S/C12H16O5/c1-7(6-13)12(11(16)17)5-3-4-9(8(12)2)10(14)15/h3-5,7-8,13H,6H2,1-2H3,(H,14,15)(H,16,17)/t7-,8?,12?/m0/s1. The third-order valence-corrected chi connectivity index (χ3v) is 3.54. The van der Waals surface area contributed by atoms with Gasteiger partial charge >= 0.3 is 11.9 Å². The molecule has 0 saturated carbocycles. The first-order valence-electron chi connectivity index (χ1n) is 5.34. The second kappa shape index (κ2) is 4.71. The smallest absolute Gasteiger partial charge is 0.331 e. The fourth-order valence-corrected chi connectivity index (χ4v) is 2.32. The van der Waals surface area contributed by atoms with Gasteiger partial charge in [0.1, 0.15) is 0 Å². The molecule has 1 aliphatic carbocycles. The van der Waals surface area contributed by atoms with Crippen LogP contribution in [0.15, 0.2) is 23.8 Å². The van der Waals surface area contributed by atoms with Gasteiger partial charge in [-0.3, -0.25) is 4.79 Å². The average molecular weight is 240 g/mol. The Morgan fingerprint density at radius 2 is 2.06 bits per heavy atom. The van der Waals surface area contributed by atoms with Crippen LogP contribution in [0.3, 0.4) is 0 Å². The molecule has 0 heterocycles. The van der Waals surface area contributed by atoms with Crippen molar-refractivity contribution >= 4 is 11.9 Å². The summed E-state index contributed by atoms with van der Waals surface area (Å²) in [5.41, 5.74) is -1.31. The van der Waals surface area contributed by atoms with Gasteiger partial charge in [-0.25, -0.2) is 4.79 Å². The third kappa shape index (κ3) is 1.98. The Morgan fingerprint density at radius 1 is 1.47 bits per heavy atom. The van der Waals surface area contributed by atoms with Crippen molar-refractivity contribution in [2.75, 3.05) is 6.61 Å². The first kappa shape index (κ1) is 13.4. The molecule has 0 fully saturated rings. The van der Waals surface area contributed by atoms with Gasteiger partial charge in [0, 0.05) is 18.1 Å². The fraction of sp³-hybridized carbons (Fsp3) is 0.500. The number of hydrogen-bond acceptors (Lipinski definition) is 3. The Hall–Kier alpha value is -1.62. The molecule has 0 saturated heterocycles. The molecule has 5 heteroatoms. The molecule has 0 aromatic rings. The van der Waals surface area contributed by atoms with Crippen LogP contribution in [-0.4, -0.2) is 33.9 Å². The molecule has 0 aromatic carbocycles. The zero-order chi connectivity index (χ0) is 13.2. The number of allylic oxidation sites excluding steroid dienone is 2. The Bertz CT molecular complexity index is 396. The monoisotopic (exact) mass is 240 g/mol. The van der Waals surface area contributed by atoms with E-state index in [9.17, 15) is 19.8 Å². The molecule has 17 heavy (non-hydrogen) atoms. The van der Waals surface area contributed by atoms with Crippen molar-refractivity contribution in [3.05, 3.63) is 23.8 Å². The lowest BCUT2D eigenvalue weighted by Crippen LogP contribution is -2.45. The largest absolute Gasteiger partial charge is 0.481 e. The first-order chi connectivity index (χ1) is 7.87. The van der Waals surface area contributed by atoms with Gasteiger partial charge in [-0.05, 0) is 5.92 Å². The molecule has 1 rings (SSSR count). The van der Waals surface area contributed by atoms with Gasteiger partial charge in [-0.2, -0.15) is 0 Å². The molecule has 0 spiro atoms. The van der Waals surface area contributed by atoms with E-state index in [4.69, 9.17) is 5.11 Å². The highest BCUT2D eigenvalue weighted by atomic mass is 16.4. The van der Waals surface area contributed by atoms with Crippen LogP contribution >= 0.6 is 0 Å². The minimum Gasteiger partial charge on any atom is -0.481 e. The molecule has 1 aliphatic rings. The number of aliphatic hydroxyl groups is 1. The van der Waals surface area contributed by atoms with Gasteiger partial charge in [-0.15, -0.1) is 0 Å². The van der Waals surface area contributed by atoms with Crippen LogP contribution < -0.4 is 0 Å². The maximum absolute atomic E-state index is 11.5. The van der Waals surface area contributed by atoms with Crippen LogP contribution in [0.2, 0.25) is 0 Å². The minimum atomic E-state index is -1.36. The van der Waals surface area contributed by atoms with Crippen molar-refractivity contribution in [1.29, 1.82) is 0 Å². The second-order valence-electron chi connectivity index (χ2n) is 4.33. The molecule has 0 radical (unpaired) electrons. The molecule has 2 unspecified atom stereocenters. The van der Waals surface area contributed by atoms with Gasteiger partial charge < -0.3 is 15.3 Å². The zero-order valence-electron chi connectivity index (χ0n) is 9.75. The lowest BCUT2D eigenvalue weighted by molar-refractivity contribution is -0.152. The molecule has 0 aliphatic heterocycles. The number of hydrogen-bond donors (Lipinski definition) is 3. The van der Waals surface area contributed by atoms with E-state index in [-0.39, 0.29) is 12.2 Å². The second-order valence-corrected chi connectivity index (χ2v) is 4.33. The molecule has 0 bridgehead atoms. The summed E-state index contributed by atoms with van der Waals surface area (Å²) in [4.78, 5) is 22.5. The van der Waals surface area contributed by atoms with Gasteiger partial charge in [0.2, 0.25) is 0 Å². The number of aliphatic hydroxyl groups excluding tert-OH is 1. The van der Waals surface area contributed by atoms with Crippen molar-refractivity contribution in [3.63, 3.8) is 0 Å². The van der Waals surface area contributed by atoms with Crippen LogP contribution in [0, 0.1) is 17.3 Å². The lowest BCUT2D eigenvalue weighted by atomic mass is 9.63. The summed E-state index contributed by atoms with van der Waals surface area (Å²) in [6.45, 7) is 2.84. The third-order valence-electron chi connectivity index (χ3n) is 3.54. The van der Waals surface area contributed by atoms with Crippen LogP contribution in [0.5, 0.6) is 0 Å². The number of aliphatic carboxylic acids is 2. The summed E-state index contributed by atoms with van der Waals surface area (Å²) in [5.74, 6) is -3.49. The number of carboxylic acid groups (broad SMARTS) is 2. The van der Waals surface area contributed by atoms with E-state index >= 15 is 0 Å². The van der Waals surface area contributed by atoms with Crippen LogP contribution in [-0.2, 0) is 9.59 Å². The predicted octanol–water partition coefficient (Wildman–Crippen LogP) is 0.903. The van der Waals surface area contributed by atoms with E-state index < -0.39 is 29.2 Å². The van der Waals surface area contributed by atoms with Crippen molar-refractivity contribution < 1.29 is 24.9 Å². The first-order valence-corrected chi connectivity index (χ1v) is 5.34. The summed E-state index contributed by atoms with van der Waals surface area (Å²) >= 11 is 0. The summed E-state index contributed by atoms with van der Waals surface area (Å²) in [5, 5.41) is 27.6. The molecule has 94 valence electrons. The summed E-state index contributed by atoms with van der Waals surface area (Å²) in [6.07, 6.45) is 4.30. The van der Waals surface area contributed by atoms with E-state index in [1.165, 1.54) is 18.2 Å². The molecule has 0 amide bonds. The fourth-order valence-electron chi connectivity index (χ4n) is 2.32. The number of carbonyl (C=O) groups is 2. The Labute approximate surface area is 99.1 Å². The lowest BCUT2D eigenvalue weighted by Gasteiger charge is -2.39. The average Bonchev–Trinajstić information content (AvgIpc) is 2.27. The van der Waals surface area contributed by atoms with Gasteiger partial charge in [-0.1, -0.05) is 32.1 Å². The highest BCUT2D eigenvalue weighted by Gasteiger charge is 2.49. The highest BCUT2D eigenvalue weighted by molar-refractivity contribution is 5.91. The van der Waals surface area contributed by atoms with Gasteiger partial charge in [0.05, 0.1) is 5.41 Å². The van der Waals surface area contributed by atoms with E-state index in [1.54, 1.807) is 13.8 Å². The summed E-state index contributed by atoms with van der Waals surface area (Å²) in [7, 11) is 0. The molecule has 3 N–H and O–H groups in total. The van der Waals surface area contributed by atoms with E-state index in [2.05, 4.69) is 0 Å². The van der Waals surface area contributed by atoms with Crippen LogP contribution in [0.4, 0.5) is 0 Å². The Kier molecular flexibility index (Phi) is 3.72. The summed E-state index contributed by atoms with van der Waals surface area (Å²) in [6, 6.07) is 0. The van der Waals surface area contributed by atoms with Crippen LogP contribution in [0.25, 0.3) is 0 Å². The SMILES string of the molecule is CC1C(C(=O)O)=CC=CC1(C(=O)O)[C@@H](C)CO. The van der Waals surface area contributed by atoms with E-state index in [0.29, 0.717) is 0 Å². The quantitative estimate of drug-likeness (QED) is 0.678. The Morgan fingerprint density at radius 3 is 2.47 bits per heavy atom. The maximum atomic E-state index is 11.5. The molecule has 5 nitrogen and oxygen atoms in total. The van der Waals surface area contributed by atoms with Gasteiger partial charge in [0.25, 0.3) is 0 Å². The highest BCUT2D eigenvalue weighted by Crippen LogP contribution is 2.43. The molecule has 0 aromatic heterocycles. The van der Waals surface area contributed by atoms with Crippen molar-refractivity contribution in [3.8, 4) is 0 Å². The molecular weight excluding hydrogens is 224 g/mol. The number of rotatable bonds is 4. The predicted molar refractivity (Wildman–Crippen MR) is 60.3 cm³/mol. The summed E-state index contributed by atoms with van der Waals surface area (Å²) < 4.78 is 0. The van der Waals surface area contributed by atoms with Crippen LogP contribution in [0.1, 0.15) is 13.8 Å².